The van der Waals surface area contributed by atoms with Crippen molar-refractivity contribution in [3.63, 3.8) is 0 Å². The summed E-state index contributed by atoms with van der Waals surface area (Å²) < 4.78 is 33.1. The van der Waals surface area contributed by atoms with Crippen molar-refractivity contribution < 1.29 is 17.9 Å². The number of sulfonamides is 1. The number of hydrogen-bond donors (Lipinski definition) is 1. The van der Waals surface area contributed by atoms with Crippen molar-refractivity contribution in [3.8, 4) is 5.75 Å². The molecular weight excluding hydrogens is 438 g/mol. The first-order valence-corrected chi connectivity index (χ1v) is 13.1. The first-order chi connectivity index (χ1) is 15.9. The Morgan fingerprint density at radius 3 is 2.27 bits per heavy atom. The Morgan fingerprint density at radius 1 is 0.970 bits per heavy atom. The quantitative estimate of drug-likeness (QED) is 0.697. The van der Waals surface area contributed by atoms with Gasteiger partial charge in [-0.3, -0.25) is 4.79 Å². The van der Waals surface area contributed by atoms with E-state index < -0.39 is 10.0 Å². The van der Waals surface area contributed by atoms with Gasteiger partial charge in [-0.25, -0.2) is 8.42 Å². The highest BCUT2D eigenvalue weighted by atomic mass is 32.2. The number of carbonyl (C=O) groups is 1. The summed E-state index contributed by atoms with van der Waals surface area (Å²) in [6.45, 7) is 4.57. The van der Waals surface area contributed by atoms with Crippen LogP contribution in [0.5, 0.6) is 5.75 Å². The maximum absolute atomic E-state index is 13.2. The molecule has 0 aromatic heterocycles. The summed E-state index contributed by atoms with van der Waals surface area (Å²) in [5.41, 5.74) is 2.21. The Morgan fingerprint density at radius 2 is 1.64 bits per heavy atom. The van der Waals surface area contributed by atoms with Gasteiger partial charge in [0.15, 0.2) is 0 Å². The SMILES string of the molecule is COc1ccc(N2CCC(NC(=O)c3ccc(C)c(S(=O)(=O)N4CCCCC4)c3)CC2)cc1. The van der Waals surface area contributed by atoms with Crippen LogP contribution in [0.4, 0.5) is 5.69 Å². The van der Waals surface area contributed by atoms with Gasteiger partial charge in [-0.15, -0.1) is 0 Å². The number of methoxy groups -OCH3 is 1. The summed E-state index contributed by atoms with van der Waals surface area (Å²) in [6.07, 6.45) is 4.50. The summed E-state index contributed by atoms with van der Waals surface area (Å²) in [5.74, 6) is 0.619. The fourth-order valence-corrected chi connectivity index (χ4v) is 6.38. The van der Waals surface area contributed by atoms with Gasteiger partial charge in [0.1, 0.15) is 5.75 Å². The molecule has 2 aliphatic heterocycles. The number of carbonyl (C=O) groups excluding carboxylic acids is 1. The number of nitrogens with zero attached hydrogens (tertiary/aromatic N) is 2. The minimum absolute atomic E-state index is 0.0652. The summed E-state index contributed by atoms with van der Waals surface area (Å²) in [6, 6.07) is 13.1. The zero-order valence-electron chi connectivity index (χ0n) is 19.4. The second-order valence-corrected chi connectivity index (χ2v) is 10.8. The summed E-state index contributed by atoms with van der Waals surface area (Å²) in [5, 5.41) is 3.11. The Hall–Kier alpha value is -2.58. The van der Waals surface area contributed by atoms with E-state index in [4.69, 9.17) is 4.74 Å². The lowest BCUT2D eigenvalue weighted by atomic mass is 10.0. The van der Waals surface area contributed by atoms with Crippen LogP contribution < -0.4 is 15.0 Å². The number of benzene rings is 2. The molecule has 2 aliphatic rings. The van der Waals surface area contributed by atoms with E-state index in [-0.39, 0.29) is 16.8 Å². The molecule has 0 bridgehead atoms. The highest BCUT2D eigenvalue weighted by Gasteiger charge is 2.28. The molecule has 0 spiro atoms. The van der Waals surface area contributed by atoms with Crippen molar-refractivity contribution in [2.24, 2.45) is 0 Å². The van der Waals surface area contributed by atoms with E-state index in [1.54, 1.807) is 36.5 Å². The molecular formula is C25H33N3O4S. The lowest BCUT2D eigenvalue weighted by molar-refractivity contribution is 0.0931. The van der Waals surface area contributed by atoms with E-state index in [1.165, 1.54) is 0 Å². The van der Waals surface area contributed by atoms with Crippen molar-refractivity contribution >= 4 is 21.6 Å². The smallest absolute Gasteiger partial charge is 0.251 e. The first kappa shape index (κ1) is 23.6. The van der Waals surface area contributed by atoms with Gasteiger partial charge in [0.25, 0.3) is 5.91 Å². The van der Waals surface area contributed by atoms with Crippen LogP contribution in [0.15, 0.2) is 47.4 Å². The average Bonchev–Trinajstić information content (AvgIpc) is 2.85. The molecule has 33 heavy (non-hydrogen) atoms. The van der Waals surface area contributed by atoms with Gasteiger partial charge in [-0.05, 0) is 74.6 Å². The zero-order chi connectivity index (χ0) is 23.4. The Bertz CT molecular complexity index is 1070. The Balaban J connectivity index is 1.39. The van der Waals surface area contributed by atoms with E-state index in [0.717, 1.165) is 56.6 Å². The number of nitrogens with one attached hydrogen (secondary N) is 1. The van der Waals surface area contributed by atoms with Crippen molar-refractivity contribution in [3.05, 3.63) is 53.6 Å². The lowest BCUT2D eigenvalue weighted by Crippen LogP contribution is -2.44. The second-order valence-electron chi connectivity index (χ2n) is 8.88. The highest BCUT2D eigenvalue weighted by Crippen LogP contribution is 2.26. The standard InChI is InChI=1S/C25H33N3O4S/c1-19-6-7-20(18-24(19)33(30,31)28-14-4-3-5-15-28)25(29)26-21-12-16-27(17-13-21)22-8-10-23(32-2)11-9-22/h6-11,18,21H,3-5,12-17H2,1-2H3,(H,26,29). The molecule has 4 rings (SSSR count). The molecule has 2 aromatic carbocycles. The Kier molecular flexibility index (Phi) is 7.24. The molecule has 1 amide bonds. The lowest BCUT2D eigenvalue weighted by Gasteiger charge is -2.34. The zero-order valence-corrected chi connectivity index (χ0v) is 20.2. The third kappa shape index (κ3) is 5.33. The van der Waals surface area contributed by atoms with Gasteiger partial charge >= 0.3 is 0 Å². The molecule has 0 unspecified atom stereocenters. The molecule has 178 valence electrons. The number of ether oxygens (including phenoxy) is 1. The van der Waals surface area contributed by atoms with Crippen LogP contribution in [-0.4, -0.2) is 58.0 Å². The summed E-state index contributed by atoms with van der Waals surface area (Å²) >= 11 is 0. The number of anilines is 1. The third-order valence-corrected chi connectivity index (χ3v) is 8.69. The average molecular weight is 472 g/mol. The maximum Gasteiger partial charge on any atom is 0.251 e. The van der Waals surface area contributed by atoms with Gasteiger partial charge in [0.05, 0.1) is 12.0 Å². The number of aryl methyl sites for hydroxylation is 1. The molecule has 0 aliphatic carbocycles. The molecule has 2 fully saturated rings. The van der Waals surface area contributed by atoms with E-state index >= 15 is 0 Å². The third-order valence-electron chi connectivity index (χ3n) is 6.65. The van der Waals surface area contributed by atoms with E-state index in [2.05, 4.69) is 10.2 Å². The topological polar surface area (TPSA) is 79.0 Å². The van der Waals surface area contributed by atoms with Gasteiger partial charge in [0, 0.05) is 43.5 Å². The van der Waals surface area contributed by atoms with Gasteiger partial charge in [-0.1, -0.05) is 12.5 Å². The molecule has 0 saturated carbocycles. The van der Waals surface area contributed by atoms with Crippen LogP contribution >= 0.6 is 0 Å². The van der Waals surface area contributed by atoms with Crippen molar-refractivity contribution in [1.29, 1.82) is 0 Å². The summed E-state index contributed by atoms with van der Waals surface area (Å²) in [4.78, 5) is 15.5. The van der Waals surface area contributed by atoms with E-state index in [9.17, 15) is 13.2 Å². The molecule has 2 aromatic rings. The van der Waals surface area contributed by atoms with Crippen LogP contribution in [0.1, 0.15) is 48.0 Å². The van der Waals surface area contributed by atoms with Crippen molar-refractivity contribution in [1.82, 2.24) is 9.62 Å². The molecule has 1 N–H and O–H groups in total. The fraction of sp³-hybridized carbons (Fsp3) is 0.480. The maximum atomic E-state index is 13.2. The number of amides is 1. The normalized spacial score (nSPS) is 18.2. The minimum atomic E-state index is -3.59. The van der Waals surface area contributed by atoms with E-state index in [0.29, 0.717) is 24.2 Å². The molecule has 2 heterocycles. The van der Waals surface area contributed by atoms with Gasteiger partial charge < -0.3 is 15.0 Å². The fourth-order valence-electron chi connectivity index (χ4n) is 4.61. The monoisotopic (exact) mass is 471 g/mol. The Labute approximate surface area is 196 Å². The highest BCUT2D eigenvalue weighted by molar-refractivity contribution is 7.89. The van der Waals surface area contributed by atoms with E-state index in [1.807, 2.05) is 24.3 Å². The van der Waals surface area contributed by atoms with Crippen LogP contribution in [0.2, 0.25) is 0 Å². The molecule has 0 atom stereocenters. The first-order valence-electron chi connectivity index (χ1n) is 11.7. The predicted molar refractivity (Wildman–Crippen MR) is 129 cm³/mol. The van der Waals surface area contributed by atoms with Crippen LogP contribution in [0.3, 0.4) is 0 Å². The number of rotatable bonds is 6. The number of hydrogen-bond acceptors (Lipinski definition) is 5. The molecule has 0 radical (unpaired) electrons. The van der Waals surface area contributed by atoms with Crippen molar-refractivity contribution in [2.45, 2.75) is 50.0 Å². The molecule has 8 heteroatoms. The molecule has 2 saturated heterocycles. The van der Waals surface area contributed by atoms with Gasteiger partial charge in [-0.2, -0.15) is 4.31 Å². The largest absolute Gasteiger partial charge is 0.497 e. The van der Waals surface area contributed by atoms with Crippen LogP contribution in [0, 0.1) is 6.92 Å². The van der Waals surface area contributed by atoms with Crippen LogP contribution in [0.25, 0.3) is 0 Å². The van der Waals surface area contributed by atoms with Crippen molar-refractivity contribution in [2.75, 3.05) is 38.2 Å². The van der Waals surface area contributed by atoms with Gasteiger partial charge in [0.2, 0.25) is 10.0 Å². The van der Waals surface area contributed by atoms with Crippen LogP contribution in [-0.2, 0) is 10.0 Å². The predicted octanol–water partition coefficient (Wildman–Crippen LogP) is 3.58. The number of piperidine rings is 2. The second kappa shape index (κ2) is 10.1. The summed E-state index contributed by atoms with van der Waals surface area (Å²) in [7, 11) is -1.93. The minimum Gasteiger partial charge on any atom is -0.497 e. The molecule has 7 nitrogen and oxygen atoms in total.